The minimum Gasteiger partial charge on any atom is -0.544 e. The average Bonchev–Trinajstić information content (AvgIpc) is 2.91. The number of carbonyl (C=O) groups excluding carboxylic acids is 2. The van der Waals surface area contributed by atoms with Crippen molar-refractivity contribution in [3.8, 4) is 11.5 Å². The van der Waals surface area contributed by atoms with Crippen LogP contribution in [0.1, 0.15) is 110 Å². The van der Waals surface area contributed by atoms with E-state index in [1.165, 1.54) is 0 Å². The Labute approximate surface area is 277 Å². The van der Waals surface area contributed by atoms with E-state index in [9.17, 15) is 9.59 Å². The number of hydrogen-bond acceptors (Lipinski definition) is 5. The molecule has 0 spiro atoms. The maximum absolute atomic E-state index is 13.6. The van der Waals surface area contributed by atoms with E-state index >= 15 is 0 Å². The van der Waals surface area contributed by atoms with Gasteiger partial charge in [-0.25, -0.2) is 0 Å². The molecule has 0 atom stereocenters. The van der Waals surface area contributed by atoms with Gasteiger partial charge in [-0.15, -0.1) is 0 Å². The van der Waals surface area contributed by atoms with E-state index in [0.717, 1.165) is 66.7 Å². The summed E-state index contributed by atoms with van der Waals surface area (Å²) in [6.07, 6.45) is 9.07. The summed E-state index contributed by atoms with van der Waals surface area (Å²) < 4.78 is 19.8. The molecule has 0 aliphatic rings. The first-order valence-corrected chi connectivity index (χ1v) is 27.2. The van der Waals surface area contributed by atoms with Crippen molar-refractivity contribution in [1.82, 2.24) is 0 Å². The van der Waals surface area contributed by atoms with Gasteiger partial charge < -0.3 is 13.3 Å². The standard InChI is InChI=1S/C37H60O5Si3/c1-13-16-19-33(38)30-26-29(27-31(34(39)20-17-14-2)37(30)42-45(10,11)12)24-28-22-23-36(41-44(7,8)9)32(25-28)35(21-18-15-3)40-43(4,5)6/h21-23,25-27H,13-20,24H2,1-12H3/b35-21+. The Hall–Kier alpha value is -2.43. The monoisotopic (exact) mass is 668 g/mol. The SMILES string of the molecule is CCC/C=C(/O[Si](C)(C)C)c1cc(Cc2cc(C(=O)CCCC)c(O[Si](C)(C)C)c(C(=O)CCCC)c2)ccc1O[Si](C)(C)C. The predicted octanol–water partition coefficient (Wildman–Crippen LogP) is 11.4. The van der Waals surface area contributed by atoms with Gasteiger partial charge in [-0.05, 0) is 126 Å². The lowest BCUT2D eigenvalue weighted by Gasteiger charge is -2.27. The van der Waals surface area contributed by atoms with E-state index in [1.807, 2.05) is 12.1 Å². The number of rotatable bonds is 19. The van der Waals surface area contributed by atoms with Crippen LogP contribution < -0.4 is 8.85 Å². The molecule has 45 heavy (non-hydrogen) atoms. The number of benzene rings is 2. The third-order valence-electron chi connectivity index (χ3n) is 6.84. The highest BCUT2D eigenvalue weighted by Crippen LogP contribution is 2.36. The zero-order valence-corrected chi connectivity index (χ0v) is 33.4. The summed E-state index contributed by atoms with van der Waals surface area (Å²) in [5.41, 5.74) is 4.09. The first-order chi connectivity index (χ1) is 20.9. The molecule has 0 aliphatic heterocycles. The van der Waals surface area contributed by atoms with Crippen molar-refractivity contribution >= 4 is 42.3 Å². The molecule has 0 bridgehead atoms. The van der Waals surface area contributed by atoms with Gasteiger partial charge in [-0.3, -0.25) is 9.59 Å². The number of Topliss-reactive ketones (excluding diaryl/α,β-unsaturated/α-hetero) is 2. The molecule has 2 aromatic carbocycles. The highest BCUT2D eigenvalue weighted by molar-refractivity contribution is 6.71. The van der Waals surface area contributed by atoms with Crippen LogP contribution in [0.2, 0.25) is 58.9 Å². The van der Waals surface area contributed by atoms with Crippen LogP contribution in [0, 0.1) is 0 Å². The van der Waals surface area contributed by atoms with Crippen LogP contribution in [-0.4, -0.2) is 36.5 Å². The van der Waals surface area contributed by atoms with Crippen LogP contribution >= 0.6 is 0 Å². The fourth-order valence-corrected chi connectivity index (χ4v) is 7.43. The molecule has 0 fully saturated rings. The number of allylic oxidation sites excluding steroid dienone is 1. The van der Waals surface area contributed by atoms with E-state index in [1.54, 1.807) is 0 Å². The number of hydrogen-bond donors (Lipinski definition) is 0. The summed E-state index contributed by atoms with van der Waals surface area (Å²) in [6.45, 7) is 25.8. The van der Waals surface area contributed by atoms with Crippen LogP contribution in [0.4, 0.5) is 0 Å². The first kappa shape index (κ1) is 38.8. The van der Waals surface area contributed by atoms with Gasteiger partial charge in [0.05, 0.1) is 16.7 Å². The first-order valence-electron chi connectivity index (χ1n) is 17.0. The summed E-state index contributed by atoms with van der Waals surface area (Å²) in [4.78, 5) is 27.3. The fraction of sp³-hybridized carbons (Fsp3) is 0.568. The number of unbranched alkanes of at least 4 members (excludes halogenated alkanes) is 3. The third kappa shape index (κ3) is 13.4. The highest BCUT2D eigenvalue weighted by Gasteiger charge is 2.28. The Bertz CT molecular complexity index is 1290. The second kappa shape index (κ2) is 16.9. The molecule has 0 unspecified atom stereocenters. The summed E-state index contributed by atoms with van der Waals surface area (Å²) in [7, 11) is -5.93. The number of carbonyl (C=O) groups is 2. The molecule has 2 rings (SSSR count). The van der Waals surface area contributed by atoms with Crippen LogP contribution in [0.5, 0.6) is 11.5 Å². The quantitative estimate of drug-likeness (QED) is 0.0847. The Morgan fingerprint density at radius 2 is 1.16 bits per heavy atom. The maximum Gasteiger partial charge on any atom is 0.242 e. The zero-order valence-electron chi connectivity index (χ0n) is 30.4. The predicted molar refractivity (Wildman–Crippen MR) is 199 cm³/mol. The molecule has 0 heterocycles. The van der Waals surface area contributed by atoms with Crippen molar-refractivity contribution < 1.29 is 22.9 Å². The van der Waals surface area contributed by atoms with Crippen molar-refractivity contribution in [2.24, 2.45) is 0 Å². The second-order valence-electron chi connectivity index (χ2n) is 15.1. The fourth-order valence-electron chi connectivity index (χ4n) is 4.91. The Morgan fingerprint density at radius 3 is 1.60 bits per heavy atom. The molecule has 8 heteroatoms. The molecule has 250 valence electrons. The molecular weight excluding hydrogens is 609 g/mol. The molecule has 0 saturated heterocycles. The minimum absolute atomic E-state index is 0.0457. The van der Waals surface area contributed by atoms with Gasteiger partial charge in [0, 0.05) is 12.8 Å². The average molecular weight is 669 g/mol. The molecule has 0 radical (unpaired) electrons. The maximum atomic E-state index is 13.6. The van der Waals surface area contributed by atoms with E-state index < -0.39 is 25.0 Å². The lowest BCUT2D eigenvalue weighted by Crippen LogP contribution is -2.31. The third-order valence-corrected chi connectivity index (χ3v) is 9.32. The minimum atomic E-state index is -2.12. The highest BCUT2D eigenvalue weighted by atomic mass is 28.4. The van der Waals surface area contributed by atoms with Crippen LogP contribution in [0.25, 0.3) is 5.76 Å². The molecular formula is C37H60O5Si3. The second-order valence-corrected chi connectivity index (χ2v) is 28.4. The van der Waals surface area contributed by atoms with E-state index in [2.05, 4.69) is 104 Å². The molecule has 0 N–H and O–H groups in total. The van der Waals surface area contributed by atoms with Crippen LogP contribution in [0.15, 0.2) is 36.4 Å². The Balaban J connectivity index is 2.78. The molecule has 0 aliphatic carbocycles. The normalized spacial score (nSPS) is 12.7. The Morgan fingerprint density at radius 1 is 0.644 bits per heavy atom. The molecule has 0 aromatic heterocycles. The Kier molecular flexibility index (Phi) is 14.6. The van der Waals surface area contributed by atoms with Crippen molar-refractivity contribution in [3.63, 3.8) is 0 Å². The van der Waals surface area contributed by atoms with Gasteiger partial charge in [0.25, 0.3) is 0 Å². The molecule has 5 nitrogen and oxygen atoms in total. The number of ketones is 2. The van der Waals surface area contributed by atoms with E-state index in [-0.39, 0.29) is 11.6 Å². The van der Waals surface area contributed by atoms with Gasteiger partial charge in [0.15, 0.2) is 11.6 Å². The van der Waals surface area contributed by atoms with Crippen LogP contribution in [0.3, 0.4) is 0 Å². The smallest absolute Gasteiger partial charge is 0.242 e. The van der Waals surface area contributed by atoms with Crippen molar-refractivity contribution in [2.45, 2.75) is 137 Å². The van der Waals surface area contributed by atoms with Crippen molar-refractivity contribution in [1.29, 1.82) is 0 Å². The van der Waals surface area contributed by atoms with Crippen molar-refractivity contribution in [2.75, 3.05) is 0 Å². The van der Waals surface area contributed by atoms with Gasteiger partial charge >= 0.3 is 0 Å². The zero-order chi connectivity index (χ0) is 34.0. The van der Waals surface area contributed by atoms with E-state index in [4.69, 9.17) is 13.3 Å². The van der Waals surface area contributed by atoms with Gasteiger partial charge in [0.2, 0.25) is 25.0 Å². The lowest BCUT2D eigenvalue weighted by molar-refractivity contribution is 0.0977. The topological polar surface area (TPSA) is 61.8 Å². The van der Waals surface area contributed by atoms with E-state index in [0.29, 0.717) is 36.1 Å². The van der Waals surface area contributed by atoms with Gasteiger partial charge in [-0.2, -0.15) is 0 Å². The molecule has 2 aromatic rings. The largest absolute Gasteiger partial charge is 0.544 e. The summed E-state index contributed by atoms with van der Waals surface area (Å²) in [5, 5.41) is 0. The molecule has 0 amide bonds. The van der Waals surface area contributed by atoms with Gasteiger partial charge in [-0.1, -0.05) is 46.1 Å². The van der Waals surface area contributed by atoms with Crippen molar-refractivity contribution in [3.05, 3.63) is 64.2 Å². The van der Waals surface area contributed by atoms with Gasteiger partial charge in [0.1, 0.15) is 17.3 Å². The lowest BCUT2D eigenvalue weighted by atomic mass is 9.92. The summed E-state index contributed by atoms with van der Waals surface area (Å²) in [5.74, 6) is 2.32. The van der Waals surface area contributed by atoms with Crippen LogP contribution in [-0.2, 0) is 10.8 Å². The summed E-state index contributed by atoms with van der Waals surface area (Å²) in [6, 6.07) is 10.3. The molecule has 0 saturated carbocycles. The summed E-state index contributed by atoms with van der Waals surface area (Å²) >= 11 is 0.